The first-order chi connectivity index (χ1) is 17.6. The van der Waals surface area contributed by atoms with E-state index in [9.17, 15) is 4.79 Å². The Balaban J connectivity index is 1.38. The second-order valence-corrected chi connectivity index (χ2v) is 9.48. The molecule has 3 N–H and O–H groups in total. The number of aromatic nitrogens is 7. The van der Waals surface area contributed by atoms with Crippen LogP contribution in [0.5, 0.6) is 0 Å². The zero-order chi connectivity index (χ0) is 24.6. The van der Waals surface area contributed by atoms with Crippen LogP contribution >= 0.6 is 0 Å². The molecule has 10 heteroatoms. The van der Waals surface area contributed by atoms with Crippen LogP contribution in [-0.2, 0) is 4.79 Å². The van der Waals surface area contributed by atoms with Gasteiger partial charge in [-0.3, -0.25) is 24.8 Å². The quantitative estimate of drug-likeness (QED) is 0.336. The van der Waals surface area contributed by atoms with Crippen LogP contribution in [0.2, 0.25) is 0 Å². The lowest BCUT2D eigenvalue weighted by Crippen LogP contribution is -2.29. The normalized spacial score (nSPS) is 14.1. The third-order valence-corrected chi connectivity index (χ3v) is 6.57. The van der Waals surface area contributed by atoms with Crippen LogP contribution in [0.3, 0.4) is 0 Å². The van der Waals surface area contributed by atoms with Crippen molar-refractivity contribution in [2.45, 2.75) is 33.1 Å². The minimum Gasteiger partial charge on any atom is -0.368 e. The van der Waals surface area contributed by atoms with Crippen molar-refractivity contribution < 1.29 is 4.79 Å². The first kappa shape index (κ1) is 22.1. The fourth-order valence-electron chi connectivity index (χ4n) is 4.59. The van der Waals surface area contributed by atoms with Gasteiger partial charge in [-0.05, 0) is 31.4 Å². The molecule has 1 aliphatic heterocycles. The number of fused-ring (bicyclic) bond motifs is 2. The van der Waals surface area contributed by atoms with Crippen LogP contribution < -0.4 is 10.2 Å². The lowest BCUT2D eigenvalue weighted by atomic mass is 10.1. The summed E-state index contributed by atoms with van der Waals surface area (Å²) in [6, 6.07) is 3.84. The SMILES string of the molecule is CC(C)C(=O)Nc1cncc(-c2cc3c(-c4nc5c(N6CCCCC6)cncc5[nH]4)n[nH]c3cn2)c1. The first-order valence-electron chi connectivity index (χ1n) is 12.3. The molecule has 36 heavy (non-hydrogen) atoms. The van der Waals surface area contributed by atoms with Gasteiger partial charge in [-0.1, -0.05) is 13.8 Å². The molecule has 0 spiro atoms. The summed E-state index contributed by atoms with van der Waals surface area (Å²) in [5, 5.41) is 11.4. The first-order valence-corrected chi connectivity index (χ1v) is 12.3. The van der Waals surface area contributed by atoms with Crippen molar-refractivity contribution in [1.82, 2.24) is 35.1 Å². The molecule has 0 atom stereocenters. The van der Waals surface area contributed by atoms with Crippen LogP contribution in [0.4, 0.5) is 11.4 Å². The Morgan fingerprint density at radius 1 is 1.00 bits per heavy atom. The number of amides is 1. The van der Waals surface area contributed by atoms with Crippen molar-refractivity contribution in [3.05, 3.63) is 43.1 Å². The molecule has 182 valence electrons. The van der Waals surface area contributed by atoms with Crippen LogP contribution in [-0.4, -0.2) is 54.1 Å². The molecule has 0 unspecified atom stereocenters. The Morgan fingerprint density at radius 2 is 1.83 bits per heavy atom. The van der Waals surface area contributed by atoms with E-state index in [1.165, 1.54) is 19.3 Å². The second kappa shape index (κ2) is 9.03. The van der Waals surface area contributed by atoms with E-state index < -0.39 is 0 Å². The summed E-state index contributed by atoms with van der Waals surface area (Å²) >= 11 is 0. The molecule has 0 radical (unpaired) electrons. The Kier molecular flexibility index (Phi) is 5.55. The summed E-state index contributed by atoms with van der Waals surface area (Å²) < 4.78 is 0. The summed E-state index contributed by atoms with van der Waals surface area (Å²) in [5.41, 5.74) is 6.53. The lowest BCUT2D eigenvalue weighted by molar-refractivity contribution is -0.118. The number of rotatable bonds is 5. The molecular formula is C26H27N9O. The Labute approximate surface area is 207 Å². The highest BCUT2D eigenvalue weighted by atomic mass is 16.1. The number of aromatic amines is 2. The maximum absolute atomic E-state index is 12.1. The van der Waals surface area contributed by atoms with Gasteiger partial charge >= 0.3 is 0 Å². The zero-order valence-electron chi connectivity index (χ0n) is 20.2. The zero-order valence-corrected chi connectivity index (χ0v) is 20.2. The van der Waals surface area contributed by atoms with E-state index in [4.69, 9.17) is 4.98 Å². The van der Waals surface area contributed by atoms with Crippen molar-refractivity contribution in [3.8, 4) is 22.8 Å². The molecule has 0 aliphatic carbocycles. The van der Waals surface area contributed by atoms with Gasteiger partial charge in [0.05, 0.1) is 52.9 Å². The van der Waals surface area contributed by atoms with E-state index in [1.807, 2.05) is 38.4 Å². The number of carbonyl (C=O) groups is 1. The number of imidazole rings is 1. The van der Waals surface area contributed by atoms with Crippen LogP contribution in [0.25, 0.3) is 44.7 Å². The van der Waals surface area contributed by atoms with Gasteiger partial charge in [-0.25, -0.2) is 4.98 Å². The highest BCUT2D eigenvalue weighted by molar-refractivity contribution is 5.97. The van der Waals surface area contributed by atoms with E-state index >= 15 is 0 Å². The lowest BCUT2D eigenvalue weighted by Gasteiger charge is -2.28. The molecule has 5 aromatic heterocycles. The van der Waals surface area contributed by atoms with E-state index in [0.717, 1.165) is 52.0 Å². The average molecular weight is 482 g/mol. The third kappa shape index (κ3) is 4.04. The molecule has 6 rings (SSSR count). The van der Waals surface area contributed by atoms with E-state index in [1.54, 1.807) is 18.6 Å². The van der Waals surface area contributed by atoms with Gasteiger partial charge in [0, 0.05) is 36.2 Å². The number of nitrogens with zero attached hydrogens (tertiary/aromatic N) is 6. The smallest absolute Gasteiger partial charge is 0.226 e. The predicted molar refractivity (Wildman–Crippen MR) is 140 cm³/mol. The molecule has 1 fully saturated rings. The van der Waals surface area contributed by atoms with Crippen LogP contribution in [0.1, 0.15) is 33.1 Å². The van der Waals surface area contributed by atoms with E-state index in [0.29, 0.717) is 17.2 Å². The van der Waals surface area contributed by atoms with Crippen LogP contribution in [0.15, 0.2) is 43.1 Å². The minimum atomic E-state index is -0.119. The molecule has 0 aromatic carbocycles. The number of pyridine rings is 3. The Morgan fingerprint density at radius 3 is 2.67 bits per heavy atom. The largest absolute Gasteiger partial charge is 0.368 e. The number of carbonyl (C=O) groups excluding carboxylic acids is 1. The summed E-state index contributed by atoms with van der Waals surface area (Å²) in [6.07, 6.45) is 12.5. The topological polar surface area (TPSA) is 128 Å². The maximum Gasteiger partial charge on any atom is 0.226 e. The minimum absolute atomic E-state index is 0.0576. The van der Waals surface area contributed by atoms with Gasteiger partial charge < -0.3 is 15.2 Å². The predicted octanol–water partition coefficient (Wildman–Crippen LogP) is 4.54. The van der Waals surface area contributed by atoms with Crippen molar-refractivity contribution >= 4 is 39.2 Å². The molecule has 6 heterocycles. The summed E-state index contributed by atoms with van der Waals surface area (Å²) in [4.78, 5) is 36.2. The standard InChI is InChI=1S/C26H27N9O/c1-15(2)26(36)30-17-8-16(10-27-11-17)19-9-18-20(13-29-19)33-34-23(18)25-31-21-12-28-14-22(24(21)32-25)35-6-4-3-5-7-35/h8-15H,3-7H2,1-2H3,(H,30,36)(H,31,32)(H,33,34). The van der Waals surface area contributed by atoms with Gasteiger partial charge in [0.2, 0.25) is 5.91 Å². The summed E-state index contributed by atoms with van der Waals surface area (Å²) in [5.74, 6) is 0.500. The maximum atomic E-state index is 12.1. The van der Waals surface area contributed by atoms with Crippen molar-refractivity contribution in [2.24, 2.45) is 5.92 Å². The van der Waals surface area contributed by atoms with Gasteiger partial charge in [0.25, 0.3) is 0 Å². The van der Waals surface area contributed by atoms with Crippen molar-refractivity contribution in [3.63, 3.8) is 0 Å². The summed E-state index contributed by atoms with van der Waals surface area (Å²) in [7, 11) is 0. The molecule has 1 saturated heterocycles. The van der Waals surface area contributed by atoms with Gasteiger partial charge in [-0.15, -0.1) is 0 Å². The Bertz CT molecular complexity index is 1560. The molecule has 1 aliphatic rings. The van der Waals surface area contributed by atoms with E-state index in [-0.39, 0.29) is 11.8 Å². The average Bonchev–Trinajstić information content (AvgIpc) is 3.53. The third-order valence-electron chi connectivity index (χ3n) is 6.57. The van der Waals surface area contributed by atoms with Crippen molar-refractivity contribution in [2.75, 3.05) is 23.3 Å². The Hall–Kier alpha value is -4.34. The number of piperidine rings is 1. The number of H-pyrrole nitrogens is 2. The molecular weight excluding hydrogens is 454 g/mol. The second-order valence-electron chi connectivity index (χ2n) is 9.48. The molecule has 0 saturated carbocycles. The molecule has 0 bridgehead atoms. The number of anilines is 2. The van der Waals surface area contributed by atoms with Crippen LogP contribution in [0, 0.1) is 5.92 Å². The van der Waals surface area contributed by atoms with Crippen molar-refractivity contribution in [1.29, 1.82) is 0 Å². The fraction of sp³-hybridized carbons (Fsp3) is 0.308. The number of hydrogen-bond acceptors (Lipinski definition) is 7. The molecule has 5 aromatic rings. The number of nitrogens with one attached hydrogen (secondary N) is 3. The van der Waals surface area contributed by atoms with Gasteiger partial charge in [-0.2, -0.15) is 5.10 Å². The molecule has 10 nitrogen and oxygen atoms in total. The van der Waals surface area contributed by atoms with Gasteiger partial charge in [0.15, 0.2) is 5.82 Å². The van der Waals surface area contributed by atoms with Gasteiger partial charge in [0.1, 0.15) is 11.2 Å². The fourth-order valence-corrected chi connectivity index (χ4v) is 4.59. The monoisotopic (exact) mass is 481 g/mol. The number of hydrogen-bond donors (Lipinski definition) is 3. The highest BCUT2D eigenvalue weighted by Crippen LogP contribution is 2.32. The highest BCUT2D eigenvalue weighted by Gasteiger charge is 2.19. The molecule has 1 amide bonds. The summed E-state index contributed by atoms with van der Waals surface area (Å²) in [6.45, 7) is 5.75. The van der Waals surface area contributed by atoms with E-state index in [2.05, 4.69) is 40.3 Å².